The molecule has 0 aliphatic heterocycles. The minimum absolute atomic E-state index is 0.611. The minimum atomic E-state index is 0.611. The standard InChI is InChI=1S/C37H21N5O/c1-2-12-22(13-3-1)32-23-14-4-7-17-26(23)39-37(40-32)42-28-19-9-5-15-24(28)31-34(42)36-38-27-18-8-10-20-29(27)41(36)33-25-16-6-11-21-30(25)43-35(31)33/h1-21H/p+1. The molecule has 6 heteroatoms. The number of benzene rings is 5. The number of nitrogens with zero attached hydrogens (tertiary/aromatic N) is 4. The zero-order chi connectivity index (χ0) is 28.1. The molecule has 10 rings (SSSR count). The number of imidazole rings is 1. The lowest BCUT2D eigenvalue weighted by Crippen LogP contribution is -2.22. The smallest absolute Gasteiger partial charge is 0.311 e. The average Bonchev–Trinajstić information content (AvgIpc) is 3.74. The van der Waals surface area contributed by atoms with E-state index in [2.05, 4.69) is 111 Å². The Morgan fingerprint density at radius 1 is 0.651 bits per heavy atom. The lowest BCUT2D eigenvalue weighted by atomic mass is 10.1. The summed E-state index contributed by atoms with van der Waals surface area (Å²) in [7, 11) is 0. The van der Waals surface area contributed by atoms with E-state index < -0.39 is 0 Å². The van der Waals surface area contributed by atoms with Crippen LogP contribution in [-0.4, -0.2) is 19.5 Å². The number of fused-ring (bicyclic) bond motifs is 13. The molecule has 6 nitrogen and oxygen atoms in total. The molecule has 200 valence electrons. The van der Waals surface area contributed by atoms with Crippen LogP contribution in [0.5, 0.6) is 0 Å². The first-order chi connectivity index (χ1) is 21.3. The zero-order valence-corrected chi connectivity index (χ0v) is 22.8. The van der Waals surface area contributed by atoms with Gasteiger partial charge in [0.05, 0.1) is 27.5 Å². The third-order valence-corrected chi connectivity index (χ3v) is 8.58. The molecule has 5 heterocycles. The summed E-state index contributed by atoms with van der Waals surface area (Å²) in [6.45, 7) is 0. The minimum Gasteiger partial charge on any atom is -0.451 e. The van der Waals surface area contributed by atoms with Crippen LogP contribution in [0.15, 0.2) is 132 Å². The van der Waals surface area contributed by atoms with Crippen molar-refractivity contribution in [2.24, 2.45) is 0 Å². The number of hydrogen-bond acceptors (Lipinski definition) is 3. The number of H-pyrrole nitrogens is 1. The van der Waals surface area contributed by atoms with Crippen molar-refractivity contribution in [1.29, 1.82) is 0 Å². The summed E-state index contributed by atoms with van der Waals surface area (Å²) in [6.07, 6.45) is 0. The van der Waals surface area contributed by atoms with Crippen LogP contribution >= 0.6 is 0 Å². The Bertz CT molecular complexity index is 2730. The molecule has 0 fully saturated rings. The second-order valence-electron chi connectivity index (χ2n) is 10.9. The van der Waals surface area contributed by atoms with Crippen molar-refractivity contribution in [1.82, 2.24) is 19.5 Å². The number of rotatable bonds is 2. The fourth-order valence-corrected chi connectivity index (χ4v) is 6.78. The highest BCUT2D eigenvalue weighted by Gasteiger charge is 2.30. The van der Waals surface area contributed by atoms with E-state index in [1.807, 2.05) is 30.3 Å². The molecule has 0 saturated carbocycles. The second-order valence-corrected chi connectivity index (χ2v) is 10.9. The van der Waals surface area contributed by atoms with Crippen LogP contribution in [0.4, 0.5) is 0 Å². The second kappa shape index (κ2) is 8.27. The van der Waals surface area contributed by atoms with Gasteiger partial charge in [-0.15, -0.1) is 0 Å². The zero-order valence-electron chi connectivity index (χ0n) is 22.8. The molecule has 0 amide bonds. The van der Waals surface area contributed by atoms with E-state index >= 15 is 0 Å². The van der Waals surface area contributed by atoms with Crippen molar-refractivity contribution < 1.29 is 8.82 Å². The first-order valence-electron chi connectivity index (χ1n) is 14.4. The summed E-state index contributed by atoms with van der Waals surface area (Å²) in [5, 5.41) is 4.21. The summed E-state index contributed by atoms with van der Waals surface area (Å²) in [5.74, 6) is 0.611. The van der Waals surface area contributed by atoms with E-state index in [1.165, 1.54) is 0 Å². The van der Waals surface area contributed by atoms with Crippen LogP contribution in [0.2, 0.25) is 0 Å². The van der Waals surface area contributed by atoms with Gasteiger partial charge in [0.1, 0.15) is 5.58 Å². The summed E-state index contributed by atoms with van der Waals surface area (Å²) < 4.78 is 11.2. The molecular formula is C37H22N5O+. The van der Waals surface area contributed by atoms with Crippen molar-refractivity contribution in [2.75, 3.05) is 0 Å². The fourth-order valence-electron chi connectivity index (χ4n) is 6.78. The van der Waals surface area contributed by atoms with Gasteiger partial charge in [0.2, 0.25) is 5.95 Å². The van der Waals surface area contributed by atoms with Crippen molar-refractivity contribution in [3.63, 3.8) is 0 Å². The molecule has 0 bridgehead atoms. The highest BCUT2D eigenvalue weighted by atomic mass is 16.3. The van der Waals surface area contributed by atoms with Gasteiger partial charge in [-0.1, -0.05) is 91.0 Å². The molecular weight excluding hydrogens is 530 g/mol. The number of para-hydroxylation sites is 5. The first kappa shape index (κ1) is 22.7. The summed E-state index contributed by atoms with van der Waals surface area (Å²) in [5.41, 5.74) is 10.7. The van der Waals surface area contributed by atoms with Gasteiger partial charge in [-0.05, 0) is 36.4 Å². The quantitative estimate of drug-likeness (QED) is 0.219. The van der Waals surface area contributed by atoms with Crippen molar-refractivity contribution >= 4 is 71.5 Å². The van der Waals surface area contributed by atoms with E-state index in [0.717, 1.165) is 82.7 Å². The predicted molar refractivity (Wildman–Crippen MR) is 172 cm³/mol. The maximum atomic E-state index is 6.72. The van der Waals surface area contributed by atoms with E-state index in [1.54, 1.807) is 0 Å². The molecule has 43 heavy (non-hydrogen) atoms. The van der Waals surface area contributed by atoms with Crippen LogP contribution in [0, 0.1) is 0 Å². The van der Waals surface area contributed by atoms with Crippen LogP contribution in [0.1, 0.15) is 0 Å². The van der Waals surface area contributed by atoms with Gasteiger partial charge in [-0.3, -0.25) is 4.57 Å². The van der Waals surface area contributed by atoms with Crippen LogP contribution in [0.3, 0.4) is 0 Å². The van der Waals surface area contributed by atoms with Crippen LogP contribution in [0.25, 0.3) is 88.7 Å². The molecule has 0 unspecified atom stereocenters. The Morgan fingerprint density at radius 2 is 1.37 bits per heavy atom. The van der Waals surface area contributed by atoms with Gasteiger partial charge in [-0.25, -0.2) is 15.0 Å². The number of aromatic amines is 1. The summed E-state index contributed by atoms with van der Waals surface area (Å²) in [6, 6.07) is 43.7. The average molecular weight is 553 g/mol. The van der Waals surface area contributed by atoms with Crippen molar-refractivity contribution in [3.05, 3.63) is 127 Å². The van der Waals surface area contributed by atoms with Crippen molar-refractivity contribution in [2.45, 2.75) is 0 Å². The van der Waals surface area contributed by atoms with Gasteiger partial charge in [0.25, 0.3) is 0 Å². The van der Waals surface area contributed by atoms with Crippen LogP contribution < -0.4 is 4.40 Å². The number of aromatic nitrogens is 5. The SMILES string of the molecule is c1ccc(-c2nc(-n3c4ccccc4c4c5oc6ccccc6c5[n+]5c6ccccc6[nH]c5c43)nc3ccccc23)cc1. The Balaban J connectivity index is 1.48. The number of furan rings is 1. The lowest BCUT2D eigenvalue weighted by Gasteiger charge is -2.11. The third kappa shape index (κ3) is 2.99. The van der Waals surface area contributed by atoms with Gasteiger partial charge in [0.15, 0.2) is 27.6 Å². The molecule has 0 saturated heterocycles. The molecule has 0 radical (unpaired) electrons. The molecule has 5 aromatic carbocycles. The largest absolute Gasteiger partial charge is 0.451 e. The molecule has 0 aliphatic rings. The highest BCUT2D eigenvalue weighted by molar-refractivity contribution is 6.24. The molecule has 0 spiro atoms. The Hall–Kier alpha value is -6.01. The monoisotopic (exact) mass is 552 g/mol. The number of nitrogens with one attached hydrogen (secondary N) is 1. The molecule has 10 aromatic rings. The first-order valence-corrected chi connectivity index (χ1v) is 14.4. The molecule has 0 aliphatic carbocycles. The van der Waals surface area contributed by atoms with E-state index in [9.17, 15) is 0 Å². The normalized spacial score (nSPS) is 12.2. The van der Waals surface area contributed by atoms with Gasteiger partial charge >= 0.3 is 5.65 Å². The Morgan fingerprint density at radius 3 is 2.28 bits per heavy atom. The topological polar surface area (TPSA) is 63.7 Å². The number of hydrogen-bond donors (Lipinski definition) is 1. The highest BCUT2D eigenvalue weighted by Crippen LogP contribution is 2.41. The van der Waals surface area contributed by atoms with Gasteiger partial charge in [0, 0.05) is 16.3 Å². The molecule has 0 atom stereocenters. The maximum Gasteiger partial charge on any atom is 0.311 e. The van der Waals surface area contributed by atoms with Crippen LogP contribution in [-0.2, 0) is 0 Å². The molecule has 5 aromatic heterocycles. The lowest BCUT2D eigenvalue weighted by molar-refractivity contribution is -0.447. The summed E-state index contributed by atoms with van der Waals surface area (Å²) in [4.78, 5) is 14.2. The van der Waals surface area contributed by atoms with Crippen molar-refractivity contribution in [3.8, 4) is 17.2 Å². The fraction of sp³-hybridized carbons (Fsp3) is 0. The third-order valence-electron chi connectivity index (χ3n) is 8.58. The van der Waals surface area contributed by atoms with Gasteiger partial charge < -0.3 is 4.42 Å². The Kier molecular flexibility index (Phi) is 4.36. The van der Waals surface area contributed by atoms with E-state index in [4.69, 9.17) is 14.4 Å². The molecule has 1 N–H and O–H groups in total. The predicted octanol–water partition coefficient (Wildman–Crippen LogP) is 8.51. The Labute approximate surface area is 244 Å². The van der Waals surface area contributed by atoms with E-state index in [-0.39, 0.29) is 0 Å². The summed E-state index contributed by atoms with van der Waals surface area (Å²) >= 11 is 0. The van der Waals surface area contributed by atoms with Gasteiger partial charge in [-0.2, -0.15) is 4.40 Å². The van der Waals surface area contributed by atoms with E-state index in [0.29, 0.717) is 5.95 Å². The maximum absolute atomic E-state index is 6.72. The number of pyridine rings is 1.